The van der Waals surface area contributed by atoms with E-state index in [1.54, 1.807) is 0 Å². The summed E-state index contributed by atoms with van der Waals surface area (Å²) < 4.78 is 8.08. The predicted octanol–water partition coefficient (Wildman–Crippen LogP) is 2.32. The van der Waals surface area contributed by atoms with E-state index in [9.17, 15) is 0 Å². The van der Waals surface area contributed by atoms with E-state index >= 15 is 0 Å². The van der Waals surface area contributed by atoms with Crippen molar-refractivity contribution in [1.29, 1.82) is 0 Å². The second kappa shape index (κ2) is 6.34. The van der Waals surface area contributed by atoms with Gasteiger partial charge in [-0.2, -0.15) is 0 Å². The normalized spacial score (nSPS) is 26.4. The minimum absolute atomic E-state index is 0.389. The highest BCUT2D eigenvalue weighted by Gasteiger charge is 2.24. The van der Waals surface area contributed by atoms with Crippen molar-refractivity contribution < 1.29 is 4.74 Å². The van der Waals surface area contributed by atoms with Gasteiger partial charge in [0.15, 0.2) is 5.65 Å². The summed E-state index contributed by atoms with van der Waals surface area (Å²) in [5.41, 5.74) is 2.05. The standard InChI is InChI=1S/C17H24N4O/c1-4-13(11-18-7-1)10-16-20-15-6-2-8-19-17(15)21(16)14-5-3-9-22-12-14/h2,6,8,13-14,18H,1,3-5,7,9-12H2. The first kappa shape index (κ1) is 14.2. The van der Waals surface area contributed by atoms with Crippen LogP contribution in [0.5, 0.6) is 0 Å². The summed E-state index contributed by atoms with van der Waals surface area (Å²) in [4.78, 5) is 9.50. The molecule has 0 aliphatic carbocycles. The van der Waals surface area contributed by atoms with Gasteiger partial charge in [0.1, 0.15) is 11.3 Å². The lowest BCUT2D eigenvalue weighted by molar-refractivity contribution is 0.0591. The van der Waals surface area contributed by atoms with Crippen LogP contribution in [0, 0.1) is 5.92 Å². The van der Waals surface area contributed by atoms with Crippen molar-refractivity contribution in [2.24, 2.45) is 5.92 Å². The highest BCUT2D eigenvalue weighted by atomic mass is 16.5. The highest BCUT2D eigenvalue weighted by molar-refractivity contribution is 5.71. The van der Waals surface area contributed by atoms with Crippen LogP contribution in [0.4, 0.5) is 0 Å². The van der Waals surface area contributed by atoms with E-state index in [2.05, 4.69) is 20.9 Å². The van der Waals surface area contributed by atoms with Crippen LogP contribution in [-0.4, -0.2) is 40.8 Å². The van der Waals surface area contributed by atoms with Gasteiger partial charge in [0.2, 0.25) is 0 Å². The van der Waals surface area contributed by atoms with Gasteiger partial charge in [-0.1, -0.05) is 0 Å². The first-order valence-electron chi connectivity index (χ1n) is 8.52. The van der Waals surface area contributed by atoms with Gasteiger partial charge < -0.3 is 14.6 Å². The summed E-state index contributed by atoms with van der Waals surface area (Å²) in [6.45, 7) is 3.94. The average molecular weight is 300 g/mol. The van der Waals surface area contributed by atoms with E-state index in [1.165, 1.54) is 18.7 Å². The number of imidazole rings is 1. The van der Waals surface area contributed by atoms with Gasteiger partial charge in [-0.05, 0) is 56.8 Å². The van der Waals surface area contributed by atoms with Crippen LogP contribution in [0.1, 0.15) is 37.5 Å². The van der Waals surface area contributed by atoms with Crippen LogP contribution < -0.4 is 5.32 Å². The summed E-state index contributed by atoms with van der Waals surface area (Å²) in [6.07, 6.45) is 7.77. The van der Waals surface area contributed by atoms with Crippen LogP contribution in [-0.2, 0) is 11.2 Å². The maximum Gasteiger partial charge on any atom is 0.160 e. The summed E-state index contributed by atoms with van der Waals surface area (Å²) in [5.74, 6) is 1.88. The Morgan fingerprint density at radius 3 is 3.14 bits per heavy atom. The van der Waals surface area contributed by atoms with Gasteiger partial charge in [0.05, 0.1) is 12.6 Å². The third-order valence-corrected chi connectivity index (χ3v) is 4.89. The molecule has 118 valence electrons. The van der Waals surface area contributed by atoms with E-state index in [0.29, 0.717) is 12.0 Å². The van der Waals surface area contributed by atoms with Crippen LogP contribution in [0.25, 0.3) is 11.2 Å². The van der Waals surface area contributed by atoms with Crippen LogP contribution in [0.3, 0.4) is 0 Å². The highest BCUT2D eigenvalue weighted by Crippen LogP contribution is 2.28. The van der Waals surface area contributed by atoms with E-state index in [0.717, 1.165) is 56.7 Å². The van der Waals surface area contributed by atoms with Crippen molar-refractivity contribution in [3.8, 4) is 0 Å². The molecule has 2 aliphatic rings. The lowest BCUT2D eigenvalue weighted by Gasteiger charge is -2.27. The molecular formula is C17H24N4O. The number of piperidine rings is 1. The Bertz CT molecular complexity index is 627. The SMILES string of the molecule is c1cnc2c(c1)nc(CC1CCCNC1)n2C1CCCOC1. The predicted molar refractivity (Wildman–Crippen MR) is 85.9 cm³/mol. The molecule has 2 fully saturated rings. The smallest absolute Gasteiger partial charge is 0.160 e. The Balaban J connectivity index is 1.68. The van der Waals surface area contributed by atoms with Crippen molar-refractivity contribution in [2.75, 3.05) is 26.3 Å². The van der Waals surface area contributed by atoms with E-state index in [4.69, 9.17) is 9.72 Å². The molecule has 0 bridgehead atoms. The van der Waals surface area contributed by atoms with Crippen molar-refractivity contribution >= 4 is 11.2 Å². The average Bonchev–Trinajstić information content (AvgIpc) is 2.94. The molecule has 2 atom stereocenters. The van der Waals surface area contributed by atoms with E-state index in [-0.39, 0.29) is 0 Å². The van der Waals surface area contributed by atoms with Gasteiger partial charge in [-0.25, -0.2) is 9.97 Å². The number of aromatic nitrogens is 3. The number of nitrogens with zero attached hydrogens (tertiary/aromatic N) is 3. The fraction of sp³-hybridized carbons (Fsp3) is 0.647. The number of hydrogen-bond donors (Lipinski definition) is 1. The van der Waals surface area contributed by atoms with Crippen molar-refractivity contribution in [1.82, 2.24) is 19.9 Å². The maximum absolute atomic E-state index is 5.71. The molecular weight excluding hydrogens is 276 g/mol. The molecule has 2 aromatic heterocycles. The van der Waals surface area contributed by atoms with Gasteiger partial charge in [0, 0.05) is 19.2 Å². The van der Waals surface area contributed by atoms with Crippen molar-refractivity contribution in [3.05, 3.63) is 24.2 Å². The maximum atomic E-state index is 5.71. The molecule has 0 radical (unpaired) electrons. The van der Waals surface area contributed by atoms with Crippen molar-refractivity contribution in [2.45, 2.75) is 38.1 Å². The zero-order chi connectivity index (χ0) is 14.8. The molecule has 0 aromatic carbocycles. The minimum atomic E-state index is 0.389. The number of nitrogens with one attached hydrogen (secondary N) is 1. The largest absolute Gasteiger partial charge is 0.379 e. The molecule has 5 heteroatoms. The summed E-state index contributed by atoms with van der Waals surface area (Å²) in [5, 5.41) is 3.51. The van der Waals surface area contributed by atoms with Crippen LogP contribution in [0.15, 0.2) is 18.3 Å². The third-order valence-electron chi connectivity index (χ3n) is 4.89. The Morgan fingerprint density at radius 1 is 1.32 bits per heavy atom. The Labute approximate surface area is 131 Å². The number of fused-ring (bicyclic) bond motifs is 1. The Hall–Kier alpha value is -1.46. The second-order valence-corrected chi connectivity index (χ2v) is 6.53. The fourth-order valence-electron chi connectivity index (χ4n) is 3.79. The lowest BCUT2D eigenvalue weighted by atomic mass is 9.95. The van der Waals surface area contributed by atoms with Crippen molar-refractivity contribution in [3.63, 3.8) is 0 Å². The molecule has 2 saturated heterocycles. The lowest BCUT2D eigenvalue weighted by Crippen LogP contribution is -2.32. The third kappa shape index (κ3) is 2.75. The number of hydrogen-bond acceptors (Lipinski definition) is 4. The quantitative estimate of drug-likeness (QED) is 0.945. The minimum Gasteiger partial charge on any atom is -0.379 e. The molecule has 22 heavy (non-hydrogen) atoms. The molecule has 4 heterocycles. The zero-order valence-electron chi connectivity index (χ0n) is 13.0. The first-order valence-corrected chi connectivity index (χ1v) is 8.52. The molecule has 0 saturated carbocycles. The molecule has 2 aliphatic heterocycles. The molecule has 4 rings (SSSR count). The summed E-state index contributed by atoms with van der Waals surface area (Å²) >= 11 is 0. The van der Waals surface area contributed by atoms with Gasteiger partial charge in [-0.15, -0.1) is 0 Å². The molecule has 0 amide bonds. The van der Waals surface area contributed by atoms with Crippen LogP contribution >= 0.6 is 0 Å². The van der Waals surface area contributed by atoms with E-state index in [1.807, 2.05) is 12.3 Å². The summed E-state index contributed by atoms with van der Waals surface area (Å²) in [7, 11) is 0. The second-order valence-electron chi connectivity index (χ2n) is 6.53. The fourth-order valence-corrected chi connectivity index (χ4v) is 3.79. The molecule has 0 spiro atoms. The number of pyridine rings is 1. The van der Waals surface area contributed by atoms with E-state index < -0.39 is 0 Å². The molecule has 2 aromatic rings. The Kier molecular flexibility index (Phi) is 4.08. The van der Waals surface area contributed by atoms with Gasteiger partial charge in [-0.3, -0.25) is 0 Å². The molecule has 1 N–H and O–H groups in total. The molecule has 2 unspecified atom stereocenters. The zero-order valence-corrected chi connectivity index (χ0v) is 13.0. The topological polar surface area (TPSA) is 52.0 Å². The monoisotopic (exact) mass is 300 g/mol. The van der Waals surface area contributed by atoms with Gasteiger partial charge >= 0.3 is 0 Å². The van der Waals surface area contributed by atoms with Gasteiger partial charge in [0.25, 0.3) is 0 Å². The first-order chi connectivity index (χ1) is 10.9. The van der Waals surface area contributed by atoms with Crippen LogP contribution in [0.2, 0.25) is 0 Å². The summed E-state index contributed by atoms with van der Waals surface area (Å²) in [6, 6.07) is 4.44. The number of ether oxygens (including phenoxy) is 1. The number of rotatable bonds is 3. The molecule has 5 nitrogen and oxygen atoms in total. The Morgan fingerprint density at radius 2 is 2.32 bits per heavy atom.